The Bertz CT molecular complexity index is 4640. The van der Waals surface area contributed by atoms with E-state index in [1.165, 1.54) is 50.6 Å². The molecule has 0 atom stereocenters. The number of anilines is 9. The van der Waals surface area contributed by atoms with E-state index in [4.69, 9.17) is 60.7 Å². The first-order valence-corrected chi connectivity index (χ1v) is 34.9. The number of rotatable bonds is 28. The number of carbonyl (C=O) groups is 4. The number of amides is 4. The van der Waals surface area contributed by atoms with Crippen LogP contribution in [0.4, 0.5) is 73.9 Å². The molecule has 0 aliphatic carbocycles. The number of hydrogen-bond acceptors (Lipinski definition) is 31. The van der Waals surface area contributed by atoms with Crippen molar-refractivity contribution in [3.05, 3.63) is 122 Å². The number of nitrogens with zero attached hydrogens (tertiary/aromatic N) is 18. The molecule has 11 rings (SSSR count). The first-order chi connectivity index (χ1) is 48.9. The van der Waals surface area contributed by atoms with Crippen LogP contribution < -0.4 is 44.6 Å². The van der Waals surface area contributed by atoms with Crippen LogP contribution in [0.3, 0.4) is 0 Å². The molecule has 2 fully saturated rings. The number of nitriles is 1. The number of aromatic nitrogens is 5. The van der Waals surface area contributed by atoms with Gasteiger partial charge in [0.1, 0.15) is 51.2 Å². The van der Waals surface area contributed by atoms with Gasteiger partial charge in [-0.15, -0.1) is 20.5 Å². The Labute approximate surface area is 587 Å². The highest BCUT2D eigenvalue weighted by atomic mass is 32.2. The molecule has 4 amide bonds. The van der Waals surface area contributed by atoms with Gasteiger partial charge in [0.05, 0.1) is 109 Å². The van der Waals surface area contributed by atoms with Crippen LogP contribution in [0.15, 0.2) is 104 Å². The largest absolute Gasteiger partial charge is 0.494 e. The molecule has 4 aromatic carbocycles. The molecule has 7 heterocycles. The molecular weight excluding hydrogens is 1370 g/mol. The summed E-state index contributed by atoms with van der Waals surface area (Å²) in [5.41, 5.74) is 1.26. The van der Waals surface area contributed by atoms with Crippen LogP contribution in [0.1, 0.15) is 78.9 Å². The summed E-state index contributed by atoms with van der Waals surface area (Å²) >= 11 is 2.04. The molecule has 33 nitrogen and oxygen atoms in total. The second-order valence-electron chi connectivity index (χ2n) is 22.2. The molecule has 0 radical (unpaired) electrons. The summed E-state index contributed by atoms with van der Waals surface area (Å²) in [7, 11) is -1.94. The normalized spacial score (nSPS) is 15.0. The number of azo groups is 2. The molecule has 0 unspecified atom stereocenters. The van der Waals surface area contributed by atoms with Gasteiger partial charge in [-0.2, -0.15) is 43.5 Å². The number of methoxy groups -OCH3 is 2. The number of carbonyl (C=O) groups excluding carboxylic acids is 4. The van der Waals surface area contributed by atoms with Crippen molar-refractivity contribution < 1.29 is 61.3 Å². The summed E-state index contributed by atoms with van der Waals surface area (Å²) in [6.45, 7) is 20.6. The van der Waals surface area contributed by atoms with E-state index in [1.807, 2.05) is 48.5 Å². The molecule has 101 heavy (non-hydrogen) atoms. The van der Waals surface area contributed by atoms with Crippen molar-refractivity contribution in [3.63, 3.8) is 0 Å². The van der Waals surface area contributed by atoms with E-state index >= 15 is 0 Å². The average Bonchev–Trinajstić information content (AvgIpc) is 1.61. The lowest BCUT2D eigenvalue weighted by Crippen LogP contribution is -2.36. The minimum absolute atomic E-state index is 0.0145. The Morgan fingerprint density at radius 2 is 1.12 bits per heavy atom. The topological polar surface area (TPSA) is 389 Å². The summed E-state index contributed by atoms with van der Waals surface area (Å²) in [6.07, 6.45) is 2.72. The first-order valence-electron chi connectivity index (χ1n) is 31.8. The molecule has 524 valence electrons. The summed E-state index contributed by atoms with van der Waals surface area (Å²) in [5.74, 6) is -2.15. The number of aliphatic hydroxyl groups excluding tert-OH is 2. The number of benzene rings is 4. The van der Waals surface area contributed by atoms with Gasteiger partial charge in [0, 0.05) is 77.6 Å². The lowest BCUT2D eigenvalue weighted by molar-refractivity contribution is 0.0694. The van der Waals surface area contributed by atoms with Gasteiger partial charge in [-0.3, -0.25) is 14.1 Å². The zero-order chi connectivity index (χ0) is 71.6. The van der Waals surface area contributed by atoms with Crippen LogP contribution >= 0.6 is 22.7 Å². The molecule has 4 aliphatic rings. The molecule has 36 heteroatoms. The Kier molecular flexibility index (Phi) is 22.2. The van der Waals surface area contributed by atoms with Gasteiger partial charge in [-0.1, -0.05) is 47.4 Å². The Morgan fingerprint density at radius 3 is 1.55 bits per heavy atom. The third-order valence-electron chi connectivity index (χ3n) is 16.5. The Balaban J connectivity index is 0.994. The highest BCUT2D eigenvalue weighted by Crippen LogP contribution is 2.45. The standard InChI is InChI=1S/C65H68N20O13S3/c1-8-79(9-2)46-32-42(44(34-48(46)95-6)75-77-64-70-55(81-21-27-97-28-22-81)50(99-64)31-38(37-66)84-59(90)41-17-14-18-52(101(92,93)94)54(41)60(84)91)68-61-72-62(74-63(73-61)83(19-25-86)20-26-87)69-43-33-47(80(10-3)11-4)49(96-7)35-45(43)76-78-65-71-56(82-23-29-98-30-24-82)51(100-65)36-53(67-5)85-57(88)39-15-12-13-16-40(39)58(85)89/h12-18,31-36,86-87H,8-11,19-30H2,1-4,6-7H3,(H,92,93,94)(H2,68,69,72,73,74)/b38-31+,53-36+,77-75+,78-76+. The van der Waals surface area contributed by atoms with E-state index in [1.54, 1.807) is 41.3 Å². The summed E-state index contributed by atoms with van der Waals surface area (Å²) in [4.78, 5) is 93.7. The van der Waals surface area contributed by atoms with Gasteiger partial charge < -0.3 is 69.1 Å². The van der Waals surface area contributed by atoms with Gasteiger partial charge in [0.2, 0.25) is 33.9 Å². The molecule has 0 bridgehead atoms. The summed E-state index contributed by atoms with van der Waals surface area (Å²) in [6, 6.07) is 18.6. The van der Waals surface area contributed by atoms with Crippen LogP contribution in [0.25, 0.3) is 17.0 Å². The highest BCUT2D eigenvalue weighted by Gasteiger charge is 2.44. The van der Waals surface area contributed by atoms with Crippen molar-refractivity contribution in [2.75, 3.05) is 154 Å². The van der Waals surface area contributed by atoms with Gasteiger partial charge >= 0.3 is 11.8 Å². The maximum Gasteiger partial charge on any atom is 0.334 e. The molecule has 2 saturated heterocycles. The second kappa shape index (κ2) is 31.5. The predicted molar refractivity (Wildman–Crippen MR) is 376 cm³/mol. The SMILES string of the molecule is [C-]#[N+]/C(=C\c1sc(/N=N/c2cc(OC)c(N(CC)CC)cc2Nc2nc(Nc3cc(N(CC)CC)c(OC)cc3/N=N/c3nc(N4CCOCC4)c(/C=C(\C#N)N4C(=O)c5cccc(S(=O)(=O)O)c5C4=O)s3)nc(N(CCO)CCO)n2)nc1N1CCOCC1)N1C(=O)c2ccccc2C1=O. The maximum atomic E-state index is 13.9. The second-order valence-corrected chi connectivity index (χ2v) is 25.6. The number of thiazole rings is 2. The fraction of sp³-hybridized carbons (Fsp3) is 0.338. The number of aliphatic hydroxyl groups is 2. The number of imide groups is 2. The summed E-state index contributed by atoms with van der Waals surface area (Å²) in [5, 5.41) is 56.9. The molecule has 0 spiro atoms. The molecule has 4 aliphatic heterocycles. The van der Waals surface area contributed by atoms with E-state index in [0.717, 1.165) is 33.6 Å². The predicted octanol–water partition coefficient (Wildman–Crippen LogP) is 9.20. The number of fused-ring (bicyclic) bond motifs is 2. The third-order valence-corrected chi connectivity index (χ3v) is 19.1. The lowest BCUT2D eigenvalue weighted by atomic mass is 10.1. The first kappa shape index (κ1) is 71.3. The minimum atomic E-state index is -4.97. The van der Waals surface area contributed by atoms with Crippen molar-refractivity contribution >= 4 is 142 Å². The van der Waals surface area contributed by atoms with Crippen molar-refractivity contribution in [1.82, 2.24) is 34.7 Å². The fourth-order valence-electron chi connectivity index (χ4n) is 11.6. The number of ether oxygens (including phenoxy) is 4. The van der Waals surface area contributed by atoms with E-state index in [9.17, 15) is 47.6 Å². The van der Waals surface area contributed by atoms with Crippen LogP contribution in [-0.2, 0) is 19.6 Å². The van der Waals surface area contributed by atoms with Crippen LogP contribution in [0.5, 0.6) is 11.5 Å². The fourth-order valence-corrected chi connectivity index (χ4v) is 14.0. The number of allylic oxidation sites excluding steroid dienone is 1. The number of nitrogens with one attached hydrogen (secondary N) is 2. The third kappa shape index (κ3) is 15.0. The minimum Gasteiger partial charge on any atom is -0.494 e. The van der Waals surface area contributed by atoms with Crippen LogP contribution in [0, 0.1) is 17.9 Å². The molecule has 0 saturated carbocycles. The van der Waals surface area contributed by atoms with Gasteiger partial charge in [-0.25, -0.2) is 14.5 Å². The molecule has 5 N–H and O–H groups in total. The number of morpholine rings is 2. The van der Waals surface area contributed by atoms with Crippen molar-refractivity contribution in [1.29, 1.82) is 5.26 Å². The molecular formula is C65H68N20O13S3. The monoisotopic (exact) mass is 1430 g/mol. The highest BCUT2D eigenvalue weighted by molar-refractivity contribution is 7.86. The average molecular weight is 1430 g/mol. The van der Waals surface area contributed by atoms with E-state index < -0.39 is 49.9 Å². The van der Waals surface area contributed by atoms with E-state index in [-0.39, 0.29) is 98.9 Å². The number of hydrogen-bond donors (Lipinski definition) is 5. The zero-order valence-corrected chi connectivity index (χ0v) is 58.0. The molecule has 3 aromatic heterocycles. The Morgan fingerprint density at radius 1 is 0.653 bits per heavy atom. The van der Waals surface area contributed by atoms with E-state index in [0.29, 0.717) is 129 Å². The quantitative estimate of drug-likeness (QED) is 0.0100. The maximum absolute atomic E-state index is 13.9. The van der Waals surface area contributed by atoms with Crippen LogP contribution in [-0.4, -0.2) is 201 Å². The van der Waals surface area contributed by atoms with Gasteiger partial charge in [0.25, 0.3) is 21.9 Å². The van der Waals surface area contributed by atoms with E-state index in [2.05, 4.69) is 30.6 Å². The van der Waals surface area contributed by atoms with Crippen molar-refractivity contribution in [3.8, 4) is 17.6 Å². The Hall–Kier alpha value is -11.0. The van der Waals surface area contributed by atoms with Gasteiger partial charge in [-0.05, 0) is 76.2 Å². The van der Waals surface area contributed by atoms with Crippen LogP contribution in [0.2, 0.25) is 0 Å². The smallest absolute Gasteiger partial charge is 0.334 e. The van der Waals surface area contributed by atoms with Gasteiger partial charge in [0.15, 0.2) is 0 Å². The zero-order valence-electron chi connectivity index (χ0n) is 55.5. The van der Waals surface area contributed by atoms with Crippen molar-refractivity contribution in [2.45, 2.75) is 32.6 Å². The van der Waals surface area contributed by atoms with Crippen molar-refractivity contribution in [2.24, 2.45) is 20.5 Å². The lowest BCUT2D eigenvalue weighted by Gasteiger charge is -2.27. The molecule has 7 aromatic rings. The summed E-state index contributed by atoms with van der Waals surface area (Å²) < 4.78 is 58.0.